The number of quaternary nitrogens is 1. The first-order chi connectivity index (χ1) is 9.74. The van der Waals surface area contributed by atoms with Crippen LogP contribution in [0.1, 0.15) is 23.6 Å². The van der Waals surface area contributed by atoms with Crippen LogP contribution in [0.3, 0.4) is 0 Å². The predicted octanol–water partition coefficient (Wildman–Crippen LogP) is 3.81. The molecule has 0 amide bonds. The zero-order valence-electron chi connectivity index (χ0n) is 12.5. The van der Waals surface area contributed by atoms with Crippen molar-refractivity contribution in [2.24, 2.45) is 0 Å². The van der Waals surface area contributed by atoms with Crippen molar-refractivity contribution in [3.05, 3.63) is 40.6 Å². The second-order valence-electron chi connectivity index (χ2n) is 5.22. The van der Waals surface area contributed by atoms with Crippen LogP contribution < -0.4 is 4.65 Å². The van der Waals surface area contributed by atoms with E-state index < -0.39 is 11.7 Å². The fourth-order valence-corrected chi connectivity index (χ4v) is 2.64. The molecule has 1 atom stereocenters. The van der Waals surface area contributed by atoms with E-state index in [0.717, 1.165) is 17.3 Å². The molecule has 2 rings (SSSR count). The first kappa shape index (κ1) is 16.0. The number of fused-ring (bicyclic) bond motifs is 1. The molecule has 0 aliphatic carbocycles. The molecule has 1 aromatic rings. The summed E-state index contributed by atoms with van der Waals surface area (Å²) >= 11 is 0. The fourth-order valence-electron chi connectivity index (χ4n) is 2.64. The second kappa shape index (κ2) is 5.44. The number of hydrogen-bond donors (Lipinski definition) is 0. The number of hydrogen-bond acceptors (Lipinski definition) is 2. The summed E-state index contributed by atoms with van der Waals surface area (Å²) in [5.74, 6) is 0. The predicted molar refractivity (Wildman–Crippen MR) is 74.3 cm³/mol. The Hall–Kier alpha value is -1.37. The van der Waals surface area contributed by atoms with Crippen LogP contribution in [0.2, 0.25) is 0 Å². The standard InChI is InChI=1S/C15H19F3NO2/c1-10-5-6-13-11(9-20-3)7-12(15(16,17)18)8-14(13)19(10,2)21-4/h5,7-8H,6,9H2,1-4H3/q+1. The zero-order valence-corrected chi connectivity index (χ0v) is 12.5. The summed E-state index contributed by atoms with van der Waals surface area (Å²) < 4.78 is 44.4. The second-order valence-corrected chi connectivity index (χ2v) is 5.22. The number of methoxy groups -OCH3 is 1. The van der Waals surface area contributed by atoms with Gasteiger partial charge in [-0.05, 0) is 17.7 Å². The molecule has 0 N–H and O–H groups in total. The third-order valence-electron chi connectivity index (χ3n) is 4.05. The van der Waals surface area contributed by atoms with Gasteiger partial charge in [0.2, 0.25) is 0 Å². The molecule has 3 nitrogen and oxygen atoms in total. The van der Waals surface area contributed by atoms with Crippen LogP contribution in [0.25, 0.3) is 0 Å². The highest BCUT2D eigenvalue weighted by molar-refractivity contribution is 5.60. The van der Waals surface area contributed by atoms with Crippen LogP contribution in [-0.4, -0.2) is 21.3 Å². The van der Waals surface area contributed by atoms with Crippen molar-refractivity contribution in [3.63, 3.8) is 0 Å². The number of rotatable bonds is 3. The minimum absolute atomic E-state index is 0.0873. The van der Waals surface area contributed by atoms with Gasteiger partial charge in [0, 0.05) is 32.1 Å². The maximum absolute atomic E-state index is 13.1. The molecular formula is C15H19F3NO2+. The maximum atomic E-state index is 13.1. The van der Waals surface area contributed by atoms with Gasteiger partial charge >= 0.3 is 6.18 Å². The Morgan fingerprint density at radius 2 is 1.90 bits per heavy atom. The Balaban J connectivity index is 2.70. The van der Waals surface area contributed by atoms with Crippen molar-refractivity contribution in [2.45, 2.75) is 26.1 Å². The van der Waals surface area contributed by atoms with Crippen molar-refractivity contribution in [2.75, 3.05) is 21.3 Å². The van der Waals surface area contributed by atoms with Gasteiger partial charge in [-0.2, -0.15) is 18.0 Å². The summed E-state index contributed by atoms with van der Waals surface area (Å²) in [5.41, 5.74) is 2.07. The molecule has 21 heavy (non-hydrogen) atoms. The Labute approximate surface area is 122 Å². The van der Waals surface area contributed by atoms with Gasteiger partial charge in [0.1, 0.15) is 12.7 Å². The monoisotopic (exact) mass is 302 g/mol. The van der Waals surface area contributed by atoms with Crippen LogP contribution in [0.15, 0.2) is 23.9 Å². The molecule has 1 aromatic carbocycles. The van der Waals surface area contributed by atoms with Gasteiger partial charge in [0.05, 0.1) is 19.3 Å². The van der Waals surface area contributed by atoms with Gasteiger partial charge in [-0.15, -0.1) is 4.65 Å². The zero-order chi connectivity index (χ0) is 15.8. The van der Waals surface area contributed by atoms with Crippen LogP contribution in [0, 0.1) is 0 Å². The molecule has 0 aromatic heterocycles. The van der Waals surface area contributed by atoms with Crippen molar-refractivity contribution < 1.29 is 22.7 Å². The molecule has 1 unspecified atom stereocenters. The number of ether oxygens (including phenoxy) is 1. The molecular weight excluding hydrogens is 283 g/mol. The van der Waals surface area contributed by atoms with E-state index in [1.807, 2.05) is 13.0 Å². The van der Waals surface area contributed by atoms with E-state index in [1.165, 1.54) is 20.3 Å². The number of benzene rings is 1. The first-order valence-corrected chi connectivity index (χ1v) is 6.56. The molecule has 0 fully saturated rings. The average Bonchev–Trinajstić information content (AvgIpc) is 2.42. The van der Waals surface area contributed by atoms with Crippen LogP contribution >= 0.6 is 0 Å². The molecule has 0 saturated heterocycles. The molecule has 116 valence electrons. The van der Waals surface area contributed by atoms with Gasteiger partial charge in [0.25, 0.3) is 0 Å². The van der Waals surface area contributed by atoms with Crippen LogP contribution in [0.4, 0.5) is 18.9 Å². The highest BCUT2D eigenvalue weighted by Crippen LogP contribution is 2.42. The molecule has 1 aliphatic heterocycles. The average molecular weight is 302 g/mol. The topological polar surface area (TPSA) is 18.5 Å². The first-order valence-electron chi connectivity index (χ1n) is 6.56. The van der Waals surface area contributed by atoms with Crippen molar-refractivity contribution >= 4 is 5.69 Å². The Morgan fingerprint density at radius 3 is 2.43 bits per heavy atom. The van der Waals surface area contributed by atoms with E-state index in [0.29, 0.717) is 17.7 Å². The SMILES string of the molecule is COCc1cc(C(F)(F)F)cc2c1CC=C(C)[N+]2(C)OC. The summed E-state index contributed by atoms with van der Waals surface area (Å²) in [6.07, 6.45) is -1.85. The van der Waals surface area contributed by atoms with Crippen molar-refractivity contribution in [1.29, 1.82) is 0 Å². The van der Waals surface area contributed by atoms with Gasteiger partial charge in [-0.25, -0.2) is 0 Å². The third-order valence-corrected chi connectivity index (χ3v) is 4.05. The summed E-state index contributed by atoms with van der Waals surface area (Å²) in [6, 6.07) is 2.34. The highest BCUT2D eigenvalue weighted by Gasteiger charge is 2.40. The molecule has 1 heterocycles. The molecule has 0 bridgehead atoms. The highest BCUT2D eigenvalue weighted by atomic mass is 19.4. The number of halogens is 3. The molecule has 6 heteroatoms. The number of alkyl halides is 3. The number of nitrogens with zero attached hydrogens (tertiary/aromatic N) is 1. The van der Waals surface area contributed by atoms with E-state index in [9.17, 15) is 13.2 Å². The van der Waals surface area contributed by atoms with E-state index in [-0.39, 0.29) is 11.3 Å². The lowest BCUT2D eigenvalue weighted by Crippen LogP contribution is -2.44. The lowest BCUT2D eigenvalue weighted by atomic mass is 9.95. The van der Waals surface area contributed by atoms with Gasteiger partial charge in [-0.1, -0.05) is 0 Å². The molecule has 0 radical (unpaired) electrons. The van der Waals surface area contributed by atoms with E-state index in [2.05, 4.69) is 0 Å². The quantitative estimate of drug-likeness (QED) is 0.791. The normalized spacial score (nSPS) is 22.0. The minimum atomic E-state index is -4.40. The van der Waals surface area contributed by atoms with Crippen molar-refractivity contribution in [3.8, 4) is 0 Å². The Kier molecular flexibility index (Phi) is 4.15. The molecule has 0 saturated carbocycles. The van der Waals surface area contributed by atoms with E-state index in [4.69, 9.17) is 9.57 Å². The Bertz CT molecular complexity index is 581. The maximum Gasteiger partial charge on any atom is 0.416 e. The van der Waals surface area contributed by atoms with Crippen LogP contribution in [-0.2, 0) is 28.8 Å². The third kappa shape index (κ3) is 2.71. The minimum Gasteiger partial charge on any atom is -0.380 e. The summed E-state index contributed by atoms with van der Waals surface area (Å²) in [6.45, 7) is 1.99. The van der Waals surface area contributed by atoms with Crippen molar-refractivity contribution in [1.82, 2.24) is 4.65 Å². The molecule has 1 aliphatic rings. The summed E-state index contributed by atoms with van der Waals surface area (Å²) in [7, 11) is 4.70. The van der Waals surface area contributed by atoms with Crippen LogP contribution in [0.5, 0.6) is 0 Å². The summed E-state index contributed by atoms with van der Waals surface area (Å²) in [4.78, 5) is 5.48. The largest absolute Gasteiger partial charge is 0.416 e. The van der Waals surface area contributed by atoms with Gasteiger partial charge in [0.15, 0.2) is 5.69 Å². The number of hydroxylamine groups is 2. The number of allylic oxidation sites excluding steroid dienone is 2. The lowest BCUT2D eigenvalue weighted by Gasteiger charge is -2.35. The smallest absolute Gasteiger partial charge is 0.380 e. The fraction of sp³-hybridized carbons (Fsp3) is 0.467. The lowest BCUT2D eigenvalue weighted by molar-refractivity contribution is -0.138. The Morgan fingerprint density at radius 1 is 1.24 bits per heavy atom. The van der Waals surface area contributed by atoms with E-state index in [1.54, 1.807) is 7.05 Å². The summed E-state index contributed by atoms with van der Waals surface area (Å²) in [5, 5.41) is 0. The van der Waals surface area contributed by atoms with Gasteiger partial charge < -0.3 is 4.74 Å². The van der Waals surface area contributed by atoms with Gasteiger partial charge in [-0.3, -0.25) is 0 Å². The van der Waals surface area contributed by atoms with E-state index >= 15 is 0 Å². The molecule has 0 spiro atoms.